The maximum Gasteiger partial charge on any atom is 0.243 e. The molecule has 1 atom stereocenters. The molecule has 0 saturated carbocycles. The van der Waals surface area contributed by atoms with Gasteiger partial charge < -0.3 is 10.2 Å². The first-order valence-electron chi connectivity index (χ1n) is 12.0. The highest BCUT2D eigenvalue weighted by molar-refractivity contribution is 7.99. The summed E-state index contributed by atoms with van der Waals surface area (Å²) in [5.41, 5.74) is 2.06. The van der Waals surface area contributed by atoms with Crippen molar-refractivity contribution in [2.24, 2.45) is 0 Å². The molecule has 4 nitrogen and oxygen atoms in total. The van der Waals surface area contributed by atoms with Crippen LogP contribution in [0.15, 0.2) is 66.7 Å². The van der Waals surface area contributed by atoms with Crippen LogP contribution in [-0.2, 0) is 28.3 Å². The van der Waals surface area contributed by atoms with Gasteiger partial charge in [-0.25, -0.2) is 0 Å². The van der Waals surface area contributed by atoms with Gasteiger partial charge in [-0.1, -0.05) is 88.9 Å². The minimum Gasteiger partial charge on any atom is -0.350 e. The van der Waals surface area contributed by atoms with E-state index in [4.69, 9.17) is 46.4 Å². The molecular weight excluding hydrogens is 582 g/mol. The van der Waals surface area contributed by atoms with E-state index in [1.54, 1.807) is 35.2 Å². The van der Waals surface area contributed by atoms with Crippen LogP contribution < -0.4 is 5.32 Å². The minimum absolute atomic E-state index is 0.151. The van der Waals surface area contributed by atoms with Crippen LogP contribution in [0.5, 0.6) is 0 Å². The van der Waals surface area contributed by atoms with E-state index in [0.717, 1.165) is 11.1 Å². The topological polar surface area (TPSA) is 49.4 Å². The lowest BCUT2D eigenvalue weighted by molar-refractivity contribution is -0.140. The van der Waals surface area contributed by atoms with E-state index < -0.39 is 11.6 Å². The Bertz CT molecular complexity index is 1270. The maximum atomic E-state index is 13.8. The van der Waals surface area contributed by atoms with Crippen LogP contribution in [0.4, 0.5) is 0 Å². The predicted octanol–water partition coefficient (Wildman–Crippen LogP) is 8.09. The monoisotopic (exact) mass is 610 g/mol. The molecule has 1 N–H and O–H groups in total. The van der Waals surface area contributed by atoms with Crippen molar-refractivity contribution < 1.29 is 9.59 Å². The highest BCUT2D eigenvalue weighted by atomic mass is 35.5. The standard InChI is InChI=1S/C29H30Cl4N2O2S/c1-29(2,3)34-28(37)26(13-19-7-5-4-6-8-19)35(16-20-9-11-22(30)14-24(20)32)27(36)18-38-17-21-10-12-23(31)15-25(21)33/h4-12,14-15,26H,13,16-18H2,1-3H3,(H,34,37)/t26-/m1/s1. The third kappa shape index (κ3) is 9.39. The summed E-state index contributed by atoms with van der Waals surface area (Å²) >= 11 is 26.3. The second kappa shape index (κ2) is 14.0. The summed E-state index contributed by atoms with van der Waals surface area (Å²) < 4.78 is 0. The molecule has 0 unspecified atom stereocenters. The first-order chi connectivity index (χ1) is 17.9. The molecule has 0 heterocycles. The van der Waals surface area contributed by atoms with Gasteiger partial charge in [-0.15, -0.1) is 11.8 Å². The summed E-state index contributed by atoms with van der Waals surface area (Å²) in [5.74, 6) is 0.259. The van der Waals surface area contributed by atoms with Gasteiger partial charge in [-0.05, 0) is 61.7 Å². The van der Waals surface area contributed by atoms with Crippen LogP contribution in [0.25, 0.3) is 0 Å². The number of benzene rings is 3. The molecule has 0 aliphatic rings. The zero-order chi connectivity index (χ0) is 27.9. The number of halogens is 4. The van der Waals surface area contributed by atoms with Crippen LogP contribution >= 0.6 is 58.2 Å². The molecule has 0 spiro atoms. The lowest BCUT2D eigenvalue weighted by atomic mass is 10.0. The van der Waals surface area contributed by atoms with Gasteiger partial charge in [0.15, 0.2) is 0 Å². The fourth-order valence-electron chi connectivity index (χ4n) is 3.81. The molecule has 0 aliphatic carbocycles. The Kier molecular flexibility index (Phi) is 11.3. The fraction of sp³-hybridized carbons (Fsp3) is 0.310. The van der Waals surface area contributed by atoms with Crippen molar-refractivity contribution in [1.82, 2.24) is 10.2 Å². The Morgan fingerprint density at radius 2 is 1.45 bits per heavy atom. The zero-order valence-electron chi connectivity index (χ0n) is 21.4. The Hall–Kier alpha value is -1.89. The number of carbonyl (C=O) groups is 2. The van der Waals surface area contributed by atoms with Crippen LogP contribution in [0, 0.1) is 0 Å². The van der Waals surface area contributed by atoms with Gasteiger partial charge in [0.2, 0.25) is 11.8 Å². The molecule has 0 aliphatic heterocycles. The third-order valence-corrected chi connectivity index (χ3v) is 7.76. The summed E-state index contributed by atoms with van der Waals surface area (Å²) in [5, 5.41) is 5.09. The van der Waals surface area contributed by atoms with E-state index in [1.807, 2.05) is 57.2 Å². The molecule has 38 heavy (non-hydrogen) atoms. The maximum absolute atomic E-state index is 13.8. The van der Waals surface area contributed by atoms with Crippen molar-refractivity contribution in [3.8, 4) is 0 Å². The van der Waals surface area contributed by atoms with E-state index in [9.17, 15) is 9.59 Å². The van der Waals surface area contributed by atoms with Crippen molar-refractivity contribution in [2.75, 3.05) is 5.75 Å². The van der Waals surface area contributed by atoms with Crippen molar-refractivity contribution in [3.63, 3.8) is 0 Å². The van der Waals surface area contributed by atoms with E-state index in [2.05, 4.69) is 5.32 Å². The normalized spacial score (nSPS) is 12.2. The highest BCUT2D eigenvalue weighted by Gasteiger charge is 2.32. The number of rotatable bonds is 10. The SMILES string of the molecule is CC(C)(C)NC(=O)[C@@H](Cc1ccccc1)N(Cc1ccc(Cl)cc1Cl)C(=O)CSCc1ccc(Cl)cc1Cl. The molecule has 2 amide bonds. The second-order valence-electron chi connectivity index (χ2n) is 9.93. The van der Waals surface area contributed by atoms with Crippen LogP contribution in [0.1, 0.15) is 37.5 Å². The largest absolute Gasteiger partial charge is 0.350 e. The number of nitrogens with zero attached hydrogens (tertiary/aromatic N) is 1. The van der Waals surface area contributed by atoms with Gasteiger partial charge >= 0.3 is 0 Å². The Balaban J connectivity index is 1.90. The van der Waals surface area contributed by atoms with Gasteiger partial charge in [-0.2, -0.15) is 0 Å². The van der Waals surface area contributed by atoms with Crippen molar-refractivity contribution in [1.29, 1.82) is 0 Å². The highest BCUT2D eigenvalue weighted by Crippen LogP contribution is 2.27. The molecular formula is C29H30Cl4N2O2S. The average Bonchev–Trinajstić information content (AvgIpc) is 2.83. The third-order valence-electron chi connectivity index (χ3n) is 5.62. The molecule has 0 bridgehead atoms. The molecule has 3 aromatic rings. The van der Waals surface area contributed by atoms with E-state index >= 15 is 0 Å². The summed E-state index contributed by atoms with van der Waals surface area (Å²) in [6.07, 6.45) is 0.355. The number of carbonyl (C=O) groups excluding carboxylic acids is 2. The number of hydrogen-bond acceptors (Lipinski definition) is 3. The van der Waals surface area contributed by atoms with Gasteiger partial charge in [0, 0.05) is 44.3 Å². The van der Waals surface area contributed by atoms with Gasteiger partial charge in [0.1, 0.15) is 6.04 Å². The summed E-state index contributed by atoms with van der Waals surface area (Å²) in [4.78, 5) is 29.0. The van der Waals surface area contributed by atoms with Crippen LogP contribution in [0.3, 0.4) is 0 Å². The zero-order valence-corrected chi connectivity index (χ0v) is 25.3. The van der Waals surface area contributed by atoms with Crippen molar-refractivity contribution >= 4 is 70.0 Å². The molecule has 3 rings (SSSR count). The second-order valence-corrected chi connectivity index (χ2v) is 12.6. The van der Waals surface area contributed by atoms with Crippen molar-refractivity contribution in [3.05, 3.63) is 104 Å². The quantitative estimate of drug-likeness (QED) is 0.252. The van der Waals surface area contributed by atoms with E-state index in [1.165, 1.54) is 11.8 Å². The van der Waals surface area contributed by atoms with Gasteiger partial charge in [0.25, 0.3) is 0 Å². The lowest BCUT2D eigenvalue weighted by Crippen LogP contribution is -2.54. The number of nitrogens with one attached hydrogen (secondary N) is 1. The van der Waals surface area contributed by atoms with E-state index in [0.29, 0.717) is 37.8 Å². The summed E-state index contributed by atoms with van der Waals surface area (Å²) in [6.45, 7) is 5.90. The molecule has 3 aromatic carbocycles. The average molecular weight is 612 g/mol. The Morgan fingerprint density at radius 1 is 0.868 bits per heavy atom. The fourth-order valence-corrected chi connectivity index (χ4v) is 5.75. The molecule has 0 aromatic heterocycles. The van der Waals surface area contributed by atoms with E-state index in [-0.39, 0.29) is 24.1 Å². The molecule has 0 saturated heterocycles. The van der Waals surface area contributed by atoms with Gasteiger partial charge in [0.05, 0.1) is 5.75 Å². The molecule has 202 valence electrons. The molecule has 0 fully saturated rings. The molecule has 9 heteroatoms. The summed E-state index contributed by atoms with van der Waals surface area (Å²) in [6, 6.07) is 19.4. The van der Waals surface area contributed by atoms with Crippen LogP contribution in [0.2, 0.25) is 20.1 Å². The minimum atomic E-state index is -0.754. The molecule has 0 radical (unpaired) electrons. The Morgan fingerprint density at radius 3 is 2.00 bits per heavy atom. The smallest absolute Gasteiger partial charge is 0.243 e. The van der Waals surface area contributed by atoms with Crippen molar-refractivity contribution in [2.45, 2.75) is 51.1 Å². The number of thioether (sulfide) groups is 1. The number of hydrogen-bond donors (Lipinski definition) is 1. The Labute approximate surface area is 249 Å². The number of amides is 2. The first-order valence-corrected chi connectivity index (χ1v) is 14.7. The van der Waals surface area contributed by atoms with Crippen LogP contribution in [-0.4, -0.2) is 34.0 Å². The first kappa shape index (κ1) is 30.6. The summed E-state index contributed by atoms with van der Waals surface area (Å²) in [7, 11) is 0. The predicted molar refractivity (Wildman–Crippen MR) is 161 cm³/mol. The lowest BCUT2D eigenvalue weighted by Gasteiger charge is -2.34. The van der Waals surface area contributed by atoms with Gasteiger partial charge in [-0.3, -0.25) is 9.59 Å².